The lowest BCUT2D eigenvalue weighted by molar-refractivity contribution is 0.215. The highest BCUT2D eigenvalue weighted by Crippen LogP contribution is 2.24. The maximum Gasteiger partial charge on any atom is 0.188 e. The topological polar surface area (TPSA) is 66.8 Å². The van der Waals surface area contributed by atoms with E-state index in [0.29, 0.717) is 11.9 Å². The first-order valence-corrected chi connectivity index (χ1v) is 7.48. The van der Waals surface area contributed by atoms with E-state index < -0.39 is 0 Å². The van der Waals surface area contributed by atoms with E-state index in [-0.39, 0.29) is 30.0 Å². The van der Waals surface area contributed by atoms with Gasteiger partial charge in [0.15, 0.2) is 5.96 Å². The number of hydrogen-bond donors (Lipinski definition) is 2. The molecule has 0 spiro atoms. The number of nitrogens with one attached hydrogen (secondary N) is 1. The van der Waals surface area contributed by atoms with Gasteiger partial charge in [-0.05, 0) is 44.0 Å². The third-order valence-corrected chi connectivity index (χ3v) is 3.56. The van der Waals surface area contributed by atoms with Crippen LogP contribution in [0.15, 0.2) is 27.8 Å². The second-order valence-corrected chi connectivity index (χ2v) is 5.77. The first kappa shape index (κ1) is 18.3. The zero-order chi connectivity index (χ0) is 14.4. The van der Waals surface area contributed by atoms with Crippen molar-refractivity contribution in [1.29, 1.82) is 0 Å². The van der Waals surface area contributed by atoms with Gasteiger partial charge >= 0.3 is 0 Å². The van der Waals surface area contributed by atoms with E-state index in [1.165, 1.54) is 12.8 Å². The number of rotatable bonds is 6. The van der Waals surface area contributed by atoms with Crippen LogP contribution in [0.25, 0.3) is 0 Å². The molecule has 0 aromatic carbocycles. The van der Waals surface area contributed by atoms with Crippen molar-refractivity contribution in [2.24, 2.45) is 16.6 Å². The molecule has 1 saturated heterocycles. The maximum absolute atomic E-state index is 5.91. The van der Waals surface area contributed by atoms with Gasteiger partial charge in [0.05, 0.1) is 12.3 Å². The Morgan fingerprint density at radius 2 is 2.14 bits per heavy atom. The average molecular weight is 406 g/mol. The van der Waals surface area contributed by atoms with Gasteiger partial charge in [0.25, 0.3) is 0 Å². The lowest BCUT2D eigenvalue weighted by Crippen LogP contribution is -2.40. The Kier molecular flexibility index (Phi) is 8.10. The summed E-state index contributed by atoms with van der Waals surface area (Å²) in [5.41, 5.74) is 5.91. The van der Waals surface area contributed by atoms with E-state index in [4.69, 9.17) is 10.2 Å². The van der Waals surface area contributed by atoms with Gasteiger partial charge in [-0.25, -0.2) is 0 Å². The van der Waals surface area contributed by atoms with Gasteiger partial charge in [0, 0.05) is 13.1 Å². The molecule has 1 aromatic rings. The molecule has 1 fully saturated rings. The number of likely N-dealkylation sites (tertiary alicyclic amines) is 1. The van der Waals surface area contributed by atoms with Crippen LogP contribution < -0.4 is 11.1 Å². The predicted octanol–water partition coefficient (Wildman–Crippen LogP) is 2.59. The number of hydrogen-bond acceptors (Lipinski definition) is 3. The first-order valence-electron chi connectivity index (χ1n) is 7.48. The van der Waals surface area contributed by atoms with Crippen LogP contribution in [0.2, 0.25) is 0 Å². The summed E-state index contributed by atoms with van der Waals surface area (Å²) in [4.78, 5) is 6.78. The number of nitrogens with zero attached hydrogens (tertiary/aromatic N) is 2. The first-order chi connectivity index (χ1) is 9.66. The number of halogens is 1. The van der Waals surface area contributed by atoms with Gasteiger partial charge in [-0.1, -0.05) is 13.8 Å². The fraction of sp³-hybridized carbons (Fsp3) is 0.667. The summed E-state index contributed by atoms with van der Waals surface area (Å²) >= 11 is 0. The minimum atomic E-state index is 0. The van der Waals surface area contributed by atoms with Crippen molar-refractivity contribution in [3.63, 3.8) is 0 Å². The molecule has 1 atom stereocenters. The summed E-state index contributed by atoms with van der Waals surface area (Å²) in [5, 5.41) is 3.23. The highest BCUT2D eigenvalue weighted by atomic mass is 127. The van der Waals surface area contributed by atoms with E-state index in [1.54, 1.807) is 6.26 Å². The molecule has 2 heterocycles. The third-order valence-electron chi connectivity index (χ3n) is 3.56. The van der Waals surface area contributed by atoms with Crippen LogP contribution >= 0.6 is 24.0 Å². The SMILES string of the molecule is CC(C)CN=C(N)NCC(c1ccco1)N1CCCC1.I. The molecule has 1 unspecified atom stereocenters. The number of nitrogens with two attached hydrogens (primary N) is 1. The number of aliphatic imine (C=N–C) groups is 1. The molecular formula is C15H27IN4O. The molecule has 0 radical (unpaired) electrons. The fourth-order valence-corrected chi connectivity index (χ4v) is 2.48. The van der Waals surface area contributed by atoms with Gasteiger partial charge in [0.2, 0.25) is 0 Å². The molecule has 0 amide bonds. The summed E-state index contributed by atoms with van der Waals surface area (Å²) in [7, 11) is 0. The Balaban J connectivity index is 0.00000220. The van der Waals surface area contributed by atoms with E-state index in [1.807, 2.05) is 12.1 Å². The van der Waals surface area contributed by atoms with Gasteiger partial charge in [-0.2, -0.15) is 0 Å². The summed E-state index contributed by atoms with van der Waals surface area (Å²) in [5.74, 6) is 2.04. The van der Waals surface area contributed by atoms with Crippen LogP contribution in [0.3, 0.4) is 0 Å². The third kappa shape index (κ3) is 5.86. The minimum Gasteiger partial charge on any atom is -0.468 e. The second-order valence-electron chi connectivity index (χ2n) is 5.77. The van der Waals surface area contributed by atoms with Gasteiger partial charge in [-0.15, -0.1) is 24.0 Å². The molecular weight excluding hydrogens is 379 g/mol. The zero-order valence-electron chi connectivity index (χ0n) is 12.9. The fourth-order valence-electron chi connectivity index (χ4n) is 2.48. The van der Waals surface area contributed by atoms with Gasteiger partial charge in [-0.3, -0.25) is 9.89 Å². The van der Waals surface area contributed by atoms with E-state index in [2.05, 4.69) is 29.1 Å². The quantitative estimate of drug-likeness (QED) is 0.433. The average Bonchev–Trinajstić information content (AvgIpc) is 3.09. The lowest BCUT2D eigenvalue weighted by atomic mass is 10.2. The number of guanidine groups is 1. The molecule has 0 saturated carbocycles. The smallest absolute Gasteiger partial charge is 0.188 e. The Labute approximate surface area is 144 Å². The van der Waals surface area contributed by atoms with Crippen molar-refractivity contribution in [2.45, 2.75) is 32.7 Å². The highest BCUT2D eigenvalue weighted by Gasteiger charge is 2.25. The molecule has 1 aromatic heterocycles. The highest BCUT2D eigenvalue weighted by molar-refractivity contribution is 14.0. The molecule has 21 heavy (non-hydrogen) atoms. The Hall–Kier alpha value is -0.760. The molecule has 1 aliphatic rings. The number of furan rings is 1. The Morgan fingerprint density at radius 3 is 2.71 bits per heavy atom. The van der Waals surface area contributed by atoms with Crippen LogP contribution in [0.5, 0.6) is 0 Å². The summed E-state index contributed by atoms with van der Waals surface area (Å²) < 4.78 is 5.58. The van der Waals surface area contributed by atoms with Crippen LogP contribution in [-0.2, 0) is 0 Å². The standard InChI is InChI=1S/C15H26N4O.HI/c1-12(2)10-17-15(16)18-11-13(14-6-5-9-20-14)19-7-3-4-8-19;/h5-6,9,12-13H,3-4,7-8,10-11H2,1-2H3,(H3,16,17,18);1H. The molecule has 120 valence electrons. The molecule has 5 nitrogen and oxygen atoms in total. The van der Waals surface area contributed by atoms with Crippen molar-refractivity contribution in [2.75, 3.05) is 26.2 Å². The molecule has 3 N–H and O–H groups in total. The summed E-state index contributed by atoms with van der Waals surface area (Å²) in [6.07, 6.45) is 4.25. The minimum absolute atomic E-state index is 0. The molecule has 2 rings (SSSR count). The Bertz CT molecular complexity index is 413. The predicted molar refractivity (Wildman–Crippen MR) is 97.0 cm³/mol. The monoisotopic (exact) mass is 406 g/mol. The normalized spacial score (nSPS) is 17.8. The summed E-state index contributed by atoms with van der Waals surface area (Å²) in [6, 6.07) is 4.21. The molecule has 0 bridgehead atoms. The van der Waals surface area contributed by atoms with Crippen LogP contribution in [-0.4, -0.2) is 37.0 Å². The van der Waals surface area contributed by atoms with E-state index in [9.17, 15) is 0 Å². The molecule has 0 aliphatic carbocycles. The van der Waals surface area contributed by atoms with Gasteiger partial charge < -0.3 is 15.5 Å². The van der Waals surface area contributed by atoms with E-state index >= 15 is 0 Å². The van der Waals surface area contributed by atoms with Crippen LogP contribution in [0, 0.1) is 5.92 Å². The van der Waals surface area contributed by atoms with Crippen molar-refractivity contribution in [1.82, 2.24) is 10.2 Å². The maximum atomic E-state index is 5.91. The van der Waals surface area contributed by atoms with Crippen molar-refractivity contribution >= 4 is 29.9 Å². The summed E-state index contributed by atoms with van der Waals surface area (Å²) in [6.45, 7) is 8.00. The van der Waals surface area contributed by atoms with Crippen molar-refractivity contribution < 1.29 is 4.42 Å². The van der Waals surface area contributed by atoms with Crippen molar-refractivity contribution in [3.8, 4) is 0 Å². The largest absolute Gasteiger partial charge is 0.468 e. The van der Waals surface area contributed by atoms with E-state index in [0.717, 1.165) is 31.9 Å². The second kappa shape index (κ2) is 9.30. The van der Waals surface area contributed by atoms with Gasteiger partial charge in [0.1, 0.15) is 5.76 Å². The van der Waals surface area contributed by atoms with Crippen LogP contribution in [0.4, 0.5) is 0 Å². The van der Waals surface area contributed by atoms with Crippen molar-refractivity contribution in [3.05, 3.63) is 24.2 Å². The molecule has 6 heteroatoms. The zero-order valence-corrected chi connectivity index (χ0v) is 15.2. The Morgan fingerprint density at radius 1 is 1.43 bits per heavy atom. The molecule has 1 aliphatic heterocycles. The lowest BCUT2D eigenvalue weighted by Gasteiger charge is -2.26. The van der Waals surface area contributed by atoms with Crippen LogP contribution in [0.1, 0.15) is 38.5 Å².